The molecule has 2 rings (SSSR count). The molecule has 0 amide bonds. The molecule has 0 aliphatic carbocycles. The number of terminal acetylenes is 1. The second-order valence-electron chi connectivity index (χ2n) is 3.48. The summed E-state index contributed by atoms with van der Waals surface area (Å²) in [5.41, 5.74) is 1.90. The molecule has 90 valence electrons. The molecule has 1 aliphatic rings. The molecule has 1 aromatic carbocycles. The van der Waals surface area contributed by atoms with E-state index in [9.17, 15) is 0 Å². The number of hydrogen-bond donors (Lipinski definition) is 1. The average molecular weight is 234 g/mol. The molecule has 0 radical (unpaired) electrons. The third-order valence-corrected chi connectivity index (χ3v) is 2.19. The number of carbonyl (C=O) groups is 1. The number of carboxylic acid groups (broad SMARTS) is 1. The van der Waals surface area contributed by atoms with Gasteiger partial charge < -0.3 is 14.6 Å². The van der Waals surface area contributed by atoms with Gasteiger partial charge in [0, 0.05) is 11.1 Å². The summed E-state index contributed by atoms with van der Waals surface area (Å²) in [4.78, 5) is 8.36. The maximum atomic E-state index is 8.36. The van der Waals surface area contributed by atoms with Gasteiger partial charge in [-0.25, -0.2) is 0 Å². The summed E-state index contributed by atoms with van der Waals surface area (Å²) in [5.74, 6) is 2.57. The Balaban J connectivity index is 0.000000437. The quantitative estimate of drug-likeness (QED) is 0.594. The van der Waals surface area contributed by atoms with Crippen molar-refractivity contribution in [2.24, 2.45) is 0 Å². The lowest BCUT2D eigenvalue weighted by atomic mass is 10.1. The number of benzene rings is 1. The normalized spacial score (nSPS) is 22.1. The van der Waals surface area contributed by atoms with Crippen LogP contribution in [0.1, 0.15) is 24.3 Å². The Morgan fingerprint density at radius 3 is 2.47 bits per heavy atom. The molecule has 4 heteroatoms. The zero-order valence-electron chi connectivity index (χ0n) is 9.50. The van der Waals surface area contributed by atoms with Crippen LogP contribution in [0, 0.1) is 12.3 Å². The molecule has 0 aromatic heterocycles. The minimum atomic E-state index is -0.250. The van der Waals surface area contributed by atoms with Crippen LogP contribution in [0.5, 0.6) is 0 Å². The molecular weight excluding hydrogens is 220 g/mol. The van der Waals surface area contributed by atoms with Crippen LogP contribution in [-0.2, 0) is 14.3 Å². The lowest BCUT2D eigenvalue weighted by Crippen LogP contribution is -2.02. The van der Waals surface area contributed by atoms with Crippen LogP contribution in [0.25, 0.3) is 0 Å². The zero-order valence-corrected chi connectivity index (χ0v) is 9.50. The van der Waals surface area contributed by atoms with Crippen LogP contribution in [0.3, 0.4) is 0 Å². The molecule has 1 N–H and O–H groups in total. The van der Waals surface area contributed by atoms with E-state index in [1.807, 2.05) is 31.2 Å². The van der Waals surface area contributed by atoms with Gasteiger partial charge in [-0.15, -0.1) is 6.42 Å². The maximum absolute atomic E-state index is 8.36. The third kappa shape index (κ3) is 3.91. The van der Waals surface area contributed by atoms with E-state index in [4.69, 9.17) is 25.8 Å². The molecule has 0 spiro atoms. The fourth-order valence-electron chi connectivity index (χ4n) is 1.42. The van der Waals surface area contributed by atoms with Gasteiger partial charge in [0.2, 0.25) is 0 Å². The Morgan fingerprint density at radius 2 is 2.06 bits per heavy atom. The van der Waals surface area contributed by atoms with Gasteiger partial charge in [-0.1, -0.05) is 18.1 Å². The van der Waals surface area contributed by atoms with E-state index in [0.717, 1.165) is 11.1 Å². The summed E-state index contributed by atoms with van der Waals surface area (Å²) in [5, 5.41) is 6.89. The number of ether oxygens (including phenoxy) is 2. The van der Waals surface area contributed by atoms with Gasteiger partial charge in [-0.2, -0.15) is 0 Å². The molecule has 1 fully saturated rings. The highest BCUT2D eigenvalue weighted by atomic mass is 16.7. The second-order valence-corrected chi connectivity index (χ2v) is 3.48. The van der Waals surface area contributed by atoms with Crippen LogP contribution in [0.2, 0.25) is 0 Å². The van der Waals surface area contributed by atoms with Crippen molar-refractivity contribution in [2.45, 2.75) is 19.3 Å². The maximum Gasteiger partial charge on any atom is 0.290 e. The minimum Gasteiger partial charge on any atom is -0.483 e. The summed E-state index contributed by atoms with van der Waals surface area (Å²) in [7, 11) is 0. The van der Waals surface area contributed by atoms with Crippen molar-refractivity contribution in [1.82, 2.24) is 0 Å². The molecule has 4 nitrogen and oxygen atoms in total. The number of rotatable bonds is 1. The first-order valence-corrected chi connectivity index (χ1v) is 5.12. The van der Waals surface area contributed by atoms with Crippen LogP contribution < -0.4 is 0 Å². The van der Waals surface area contributed by atoms with Crippen molar-refractivity contribution in [3.63, 3.8) is 0 Å². The minimum absolute atomic E-state index is 0.173. The molecule has 2 unspecified atom stereocenters. The Kier molecular flexibility index (Phi) is 5.21. The Bertz CT molecular complexity index is 391. The fraction of sp³-hybridized carbons (Fsp3) is 0.308. The fourth-order valence-corrected chi connectivity index (χ4v) is 1.42. The number of hydrogen-bond acceptors (Lipinski definition) is 3. The van der Waals surface area contributed by atoms with Crippen molar-refractivity contribution >= 4 is 6.47 Å². The molecule has 17 heavy (non-hydrogen) atoms. The first kappa shape index (κ1) is 13.2. The molecular formula is C13H14O4. The molecule has 2 atom stereocenters. The summed E-state index contributed by atoms with van der Waals surface area (Å²) < 4.78 is 11.0. The SMILES string of the molecule is C#Cc1ccc(C2OCC(C)O2)cc1.O=CO. The topological polar surface area (TPSA) is 55.8 Å². The van der Waals surface area contributed by atoms with Gasteiger partial charge >= 0.3 is 0 Å². The van der Waals surface area contributed by atoms with Gasteiger partial charge in [0.05, 0.1) is 12.7 Å². The summed E-state index contributed by atoms with van der Waals surface area (Å²) in [6.45, 7) is 2.40. The highest BCUT2D eigenvalue weighted by Crippen LogP contribution is 2.26. The Labute approximate surface area is 100 Å². The largest absolute Gasteiger partial charge is 0.483 e. The summed E-state index contributed by atoms with van der Waals surface area (Å²) >= 11 is 0. The molecule has 1 aromatic rings. The predicted octanol–water partition coefficient (Wildman–Crippen LogP) is 1.80. The molecule has 0 bridgehead atoms. The van der Waals surface area contributed by atoms with E-state index in [0.29, 0.717) is 6.61 Å². The predicted molar refractivity (Wildman–Crippen MR) is 62.3 cm³/mol. The average Bonchev–Trinajstić information content (AvgIpc) is 2.77. The molecule has 1 saturated heterocycles. The Hall–Kier alpha value is -1.83. The monoisotopic (exact) mass is 234 g/mol. The van der Waals surface area contributed by atoms with Crippen LogP contribution in [-0.4, -0.2) is 24.3 Å². The summed E-state index contributed by atoms with van der Waals surface area (Å²) in [6.07, 6.45) is 5.21. The van der Waals surface area contributed by atoms with E-state index in [1.54, 1.807) is 0 Å². The first-order valence-electron chi connectivity index (χ1n) is 5.12. The van der Waals surface area contributed by atoms with Crippen molar-refractivity contribution in [2.75, 3.05) is 6.61 Å². The van der Waals surface area contributed by atoms with E-state index in [2.05, 4.69) is 5.92 Å². The van der Waals surface area contributed by atoms with Crippen molar-refractivity contribution in [1.29, 1.82) is 0 Å². The van der Waals surface area contributed by atoms with Gasteiger partial charge in [-0.3, -0.25) is 4.79 Å². The lowest BCUT2D eigenvalue weighted by Gasteiger charge is -2.09. The van der Waals surface area contributed by atoms with Crippen LogP contribution in [0.15, 0.2) is 24.3 Å². The van der Waals surface area contributed by atoms with E-state index < -0.39 is 0 Å². The zero-order chi connectivity index (χ0) is 12.7. The molecule has 1 heterocycles. The van der Waals surface area contributed by atoms with Crippen molar-refractivity contribution < 1.29 is 19.4 Å². The van der Waals surface area contributed by atoms with Crippen molar-refractivity contribution in [3.05, 3.63) is 35.4 Å². The highest BCUT2D eigenvalue weighted by molar-refractivity contribution is 5.34. The van der Waals surface area contributed by atoms with Gasteiger partial charge in [0.1, 0.15) is 0 Å². The second kappa shape index (κ2) is 6.69. The third-order valence-electron chi connectivity index (χ3n) is 2.19. The van der Waals surface area contributed by atoms with Crippen LogP contribution in [0.4, 0.5) is 0 Å². The molecule has 0 saturated carbocycles. The van der Waals surface area contributed by atoms with Gasteiger partial charge in [0.25, 0.3) is 6.47 Å². The van der Waals surface area contributed by atoms with Gasteiger partial charge in [0.15, 0.2) is 6.29 Å². The Morgan fingerprint density at radius 1 is 1.47 bits per heavy atom. The van der Waals surface area contributed by atoms with E-state index in [1.165, 1.54) is 0 Å². The highest BCUT2D eigenvalue weighted by Gasteiger charge is 2.23. The van der Waals surface area contributed by atoms with E-state index in [-0.39, 0.29) is 18.9 Å². The summed E-state index contributed by atoms with van der Waals surface area (Å²) in [6, 6.07) is 7.67. The van der Waals surface area contributed by atoms with Gasteiger partial charge in [-0.05, 0) is 19.1 Å². The first-order chi connectivity index (χ1) is 8.21. The lowest BCUT2D eigenvalue weighted by molar-refractivity contribution is -0.122. The molecule has 1 aliphatic heterocycles. The van der Waals surface area contributed by atoms with E-state index >= 15 is 0 Å². The van der Waals surface area contributed by atoms with Crippen molar-refractivity contribution in [3.8, 4) is 12.3 Å². The standard InChI is InChI=1S/C12H12O2.CH2O2/c1-3-10-4-6-11(7-5-10)12-13-8-9(2)14-12;2-1-3/h1,4-7,9,12H,8H2,2H3;1H,(H,2,3). The smallest absolute Gasteiger partial charge is 0.290 e. The van der Waals surface area contributed by atoms with Crippen LogP contribution >= 0.6 is 0 Å².